The molecule has 7 nitrogen and oxygen atoms in total. The topological polar surface area (TPSA) is 90.7 Å². The molecule has 1 N–H and O–H groups in total. The van der Waals surface area contributed by atoms with Gasteiger partial charge in [-0.2, -0.15) is 0 Å². The van der Waals surface area contributed by atoms with Gasteiger partial charge in [-0.3, -0.25) is 14.9 Å². The maximum atomic E-state index is 12.2. The highest BCUT2D eigenvalue weighted by molar-refractivity contribution is 5.94. The predicted molar refractivity (Wildman–Crippen MR) is 97.7 cm³/mol. The second-order valence-corrected chi connectivity index (χ2v) is 5.46. The molecule has 0 bridgehead atoms. The average Bonchev–Trinajstić information content (AvgIpc) is 2.66. The number of hydrogen-bond donors (Lipinski definition) is 1. The normalized spacial score (nSPS) is 10.3. The van der Waals surface area contributed by atoms with Gasteiger partial charge in [0.05, 0.1) is 23.8 Å². The number of carbonyl (C=O) groups excluding carboxylic acids is 1. The van der Waals surface area contributed by atoms with Gasteiger partial charge in [0.25, 0.3) is 11.6 Å². The van der Waals surface area contributed by atoms with E-state index in [-0.39, 0.29) is 18.0 Å². The Balaban J connectivity index is 1.70. The molecule has 0 heterocycles. The monoisotopic (exact) mass is 352 g/mol. The molecule has 0 saturated carbocycles. The predicted octanol–water partition coefficient (Wildman–Crippen LogP) is 3.77. The van der Waals surface area contributed by atoms with Gasteiger partial charge in [-0.25, -0.2) is 0 Å². The van der Waals surface area contributed by atoms with E-state index in [2.05, 4.69) is 5.32 Å². The standard InChI is InChI=1S/C19H16N2O5/c1-25-18-11-14(21(23)24)9-10-16(18)20-19(22)12-26-17-8-4-6-13-5-2-3-7-15(13)17/h2-11H,12H2,1H3,(H,20,22). The van der Waals surface area contributed by atoms with Crippen molar-refractivity contribution in [1.29, 1.82) is 0 Å². The van der Waals surface area contributed by atoms with Crippen LogP contribution in [0.2, 0.25) is 0 Å². The highest BCUT2D eigenvalue weighted by Crippen LogP contribution is 2.29. The fourth-order valence-corrected chi connectivity index (χ4v) is 2.55. The lowest BCUT2D eigenvalue weighted by Gasteiger charge is -2.12. The second-order valence-electron chi connectivity index (χ2n) is 5.46. The molecule has 0 radical (unpaired) electrons. The summed E-state index contributed by atoms with van der Waals surface area (Å²) < 4.78 is 10.7. The van der Waals surface area contributed by atoms with Crippen LogP contribution in [0.5, 0.6) is 11.5 Å². The molecule has 3 rings (SSSR count). The van der Waals surface area contributed by atoms with Crippen LogP contribution >= 0.6 is 0 Å². The zero-order chi connectivity index (χ0) is 18.5. The van der Waals surface area contributed by atoms with Crippen LogP contribution in [0.25, 0.3) is 10.8 Å². The Morgan fingerprint density at radius 1 is 1.08 bits per heavy atom. The van der Waals surface area contributed by atoms with Crippen LogP contribution in [0.1, 0.15) is 0 Å². The fraction of sp³-hybridized carbons (Fsp3) is 0.105. The number of non-ortho nitro benzene ring substituents is 1. The van der Waals surface area contributed by atoms with Gasteiger partial charge in [0.1, 0.15) is 11.5 Å². The molecule has 0 fully saturated rings. The number of nitro benzene ring substituents is 1. The number of nitrogens with zero attached hydrogens (tertiary/aromatic N) is 1. The van der Waals surface area contributed by atoms with E-state index in [4.69, 9.17) is 9.47 Å². The minimum absolute atomic E-state index is 0.119. The first kappa shape index (κ1) is 17.2. The molecule has 1 amide bonds. The van der Waals surface area contributed by atoms with Crippen molar-refractivity contribution in [2.24, 2.45) is 0 Å². The molecule has 3 aromatic rings. The van der Waals surface area contributed by atoms with Crippen LogP contribution < -0.4 is 14.8 Å². The lowest BCUT2D eigenvalue weighted by atomic mass is 10.1. The minimum Gasteiger partial charge on any atom is -0.494 e. The zero-order valence-electron chi connectivity index (χ0n) is 14.0. The summed E-state index contributed by atoms with van der Waals surface area (Å²) in [7, 11) is 1.38. The first-order chi connectivity index (χ1) is 12.6. The van der Waals surface area contributed by atoms with Crippen molar-refractivity contribution < 1.29 is 19.2 Å². The average molecular weight is 352 g/mol. The van der Waals surface area contributed by atoms with E-state index in [9.17, 15) is 14.9 Å². The molecule has 26 heavy (non-hydrogen) atoms. The molecule has 0 aliphatic carbocycles. The smallest absolute Gasteiger partial charge is 0.273 e. The molecule has 0 aliphatic rings. The first-order valence-electron chi connectivity index (χ1n) is 7.81. The molecule has 0 spiro atoms. The summed E-state index contributed by atoms with van der Waals surface area (Å²) in [5, 5.41) is 15.4. The van der Waals surface area contributed by atoms with Crippen LogP contribution in [0, 0.1) is 10.1 Å². The number of fused-ring (bicyclic) bond motifs is 1. The summed E-state index contributed by atoms with van der Waals surface area (Å²) in [4.78, 5) is 22.5. The van der Waals surface area contributed by atoms with Gasteiger partial charge in [0, 0.05) is 11.5 Å². The first-order valence-corrected chi connectivity index (χ1v) is 7.81. The maximum absolute atomic E-state index is 12.2. The van der Waals surface area contributed by atoms with Crippen molar-refractivity contribution in [3.63, 3.8) is 0 Å². The van der Waals surface area contributed by atoms with Crippen LogP contribution in [-0.2, 0) is 4.79 Å². The van der Waals surface area contributed by atoms with Crippen molar-refractivity contribution in [2.75, 3.05) is 19.0 Å². The van der Waals surface area contributed by atoms with Crippen LogP contribution in [0.3, 0.4) is 0 Å². The van der Waals surface area contributed by atoms with Gasteiger partial charge in [0.2, 0.25) is 0 Å². The largest absolute Gasteiger partial charge is 0.494 e. The third kappa shape index (κ3) is 3.72. The molecule has 3 aromatic carbocycles. The zero-order valence-corrected chi connectivity index (χ0v) is 14.0. The Hall–Kier alpha value is -3.61. The van der Waals surface area contributed by atoms with Gasteiger partial charge < -0.3 is 14.8 Å². The lowest BCUT2D eigenvalue weighted by Crippen LogP contribution is -2.20. The number of rotatable bonds is 6. The van der Waals surface area contributed by atoms with E-state index < -0.39 is 10.8 Å². The Labute approximate surface area is 149 Å². The molecule has 0 atom stereocenters. The molecule has 0 aliphatic heterocycles. The highest BCUT2D eigenvalue weighted by atomic mass is 16.6. The van der Waals surface area contributed by atoms with Crippen molar-refractivity contribution in [3.05, 3.63) is 70.8 Å². The Kier molecular flexibility index (Phi) is 4.98. The van der Waals surface area contributed by atoms with Crippen LogP contribution in [-0.4, -0.2) is 24.5 Å². The number of amides is 1. The number of anilines is 1. The molecule has 0 aromatic heterocycles. The number of methoxy groups -OCH3 is 1. The van der Waals surface area contributed by atoms with Crippen LogP contribution in [0.15, 0.2) is 60.7 Å². The number of benzene rings is 3. The quantitative estimate of drug-likeness (QED) is 0.538. The molecular formula is C19H16N2O5. The summed E-state index contributed by atoms with van der Waals surface area (Å²) in [6.45, 7) is -0.200. The number of hydrogen-bond acceptors (Lipinski definition) is 5. The molecule has 0 saturated heterocycles. The third-order valence-corrected chi connectivity index (χ3v) is 3.78. The Morgan fingerprint density at radius 3 is 2.62 bits per heavy atom. The van der Waals surface area contributed by atoms with E-state index in [1.807, 2.05) is 36.4 Å². The number of carbonyl (C=O) groups is 1. The second kappa shape index (κ2) is 7.52. The maximum Gasteiger partial charge on any atom is 0.273 e. The summed E-state index contributed by atoms with van der Waals surface area (Å²) in [6.07, 6.45) is 0. The van der Waals surface area contributed by atoms with Crippen molar-refractivity contribution in [2.45, 2.75) is 0 Å². The van der Waals surface area contributed by atoms with Crippen LogP contribution in [0.4, 0.5) is 11.4 Å². The fourth-order valence-electron chi connectivity index (χ4n) is 2.55. The number of nitro groups is 1. The Morgan fingerprint density at radius 2 is 1.85 bits per heavy atom. The minimum atomic E-state index is -0.530. The summed E-state index contributed by atoms with van der Waals surface area (Å²) in [5.41, 5.74) is 0.219. The van der Waals surface area contributed by atoms with Gasteiger partial charge >= 0.3 is 0 Å². The summed E-state index contributed by atoms with van der Waals surface area (Å²) >= 11 is 0. The van der Waals surface area contributed by atoms with Gasteiger partial charge in [-0.1, -0.05) is 36.4 Å². The van der Waals surface area contributed by atoms with E-state index in [0.717, 1.165) is 10.8 Å². The van der Waals surface area contributed by atoms with E-state index in [1.165, 1.54) is 25.3 Å². The number of ether oxygens (including phenoxy) is 2. The molecule has 7 heteroatoms. The van der Waals surface area contributed by atoms with E-state index in [0.29, 0.717) is 11.4 Å². The van der Waals surface area contributed by atoms with E-state index in [1.54, 1.807) is 6.07 Å². The molecule has 132 valence electrons. The molecular weight excluding hydrogens is 336 g/mol. The highest BCUT2D eigenvalue weighted by Gasteiger charge is 2.14. The lowest BCUT2D eigenvalue weighted by molar-refractivity contribution is -0.384. The van der Waals surface area contributed by atoms with Gasteiger partial charge in [-0.15, -0.1) is 0 Å². The summed E-state index contributed by atoms with van der Waals surface area (Å²) in [5.74, 6) is 0.414. The van der Waals surface area contributed by atoms with Gasteiger partial charge in [0.15, 0.2) is 6.61 Å². The van der Waals surface area contributed by atoms with Crippen molar-refractivity contribution in [3.8, 4) is 11.5 Å². The third-order valence-electron chi connectivity index (χ3n) is 3.78. The molecule has 0 unspecified atom stereocenters. The van der Waals surface area contributed by atoms with Gasteiger partial charge in [-0.05, 0) is 17.5 Å². The van der Waals surface area contributed by atoms with Crippen molar-refractivity contribution in [1.82, 2.24) is 0 Å². The number of nitrogens with one attached hydrogen (secondary N) is 1. The Bertz CT molecular complexity index is 966. The summed E-state index contributed by atoms with van der Waals surface area (Å²) in [6, 6.07) is 17.3. The SMILES string of the molecule is COc1cc([N+](=O)[O-])ccc1NC(=O)COc1cccc2ccccc12. The van der Waals surface area contributed by atoms with E-state index >= 15 is 0 Å². The van der Waals surface area contributed by atoms with Crippen molar-refractivity contribution >= 4 is 28.1 Å².